The largest absolute Gasteiger partial charge is 0.302 e. The van der Waals surface area contributed by atoms with Crippen molar-refractivity contribution in [1.82, 2.24) is 5.32 Å². The summed E-state index contributed by atoms with van der Waals surface area (Å²) in [5, 5.41) is 3.25. The molecule has 1 N–H and O–H groups in total. The first-order valence-electron chi connectivity index (χ1n) is 4.59. The van der Waals surface area contributed by atoms with Crippen LogP contribution in [0.25, 0.3) is 0 Å². The summed E-state index contributed by atoms with van der Waals surface area (Å²) >= 11 is 3.51. The Morgan fingerprint density at radius 3 is 2.86 bits per heavy atom. The summed E-state index contributed by atoms with van der Waals surface area (Å²) in [5.41, 5.74) is 2.54. The van der Waals surface area contributed by atoms with Crippen LogP contribution in [0.4, 0.5) is 0 Å². The normalized spacial score (nSPS) is 9.36. The number of hydrogen-bond acceptors (Lipinski definition) is 1. The van der Waals surface area contributed by atoms with E-state index >= 15 is 0 Å². The minimum atomic E-state index is 0.752. The molecule has 1 aromatic carbocycles. The summed E-state index contributed by atoms with van der Waals surface area (Å²) < 4.78 is 1.17. The molecule has 0 fully saturated rings. The molecule has 0 unspecified atom stereocenters. The highest BCUT2D eigenvalue weighted by atomic mass is 79.9. The van der Waals surface area contributed by atoms with Crippen LogP contribution in [0.3, 0.4) is 0 Å². The van der Waals surface area contributed by atoms with E-state index in [1.54, 1.807) is 0 Å². The molecule has 0 bridgehead atoms. The minimum absolute atomic E-state index is 0.752. The van der Waals surface area contributed by atoms with Gasteiger partial charge in [0.2, 0.25) is 0 Å². The van der Waals surface area contributed by atoms with Crippen LogP contribution in [0.1, 0.15) is 18.1 Å². The minimum Gasteiger partial charge on any atom is -0.302 e. The van der Waals surface area contributed by atoms with Gasteiger partial charge in [0.1, 0.15) is 0 Å². The second kappa shape index (κ2) is 5.85. The van der Waals surface area contributed by atoms with Gasteiger partial charge in [0.25, 0.3) is 0 Å². The number of halogens is 1. The molecule has 0 atom stereocenters. The Balaban J connectivity index is 2.50. The fourth-order valence-electron chi connectivity index (χ4n) is 1.10. The molecule has 0 aromatic heterocycles. The summed E-state index contributed by atoms with van der Waals surface area (Å²) in [6, 6.07) is 6.39. The van der Waals surface area contributed by atoms with Gasteiger partial charge in [0, 0.05) is 11.0 Å². The van der Waals surface area contributed by atoms with Crippen molar-refractivity contribution in [1.29, 1.82) is 0 Å². The first-order chi connectivity index (χ1) is 6.74. The van der Waals surface area contributed by atoms with Gasteiger partial charge in [-0.1, -0.05) is 34.0 Å². The first-order valence-corrected chi connectivity index (χ1v) is 5.38. The third kappa shape index (κ3) is 3.53. The molecule has 2 heteroatoms. The maximum Gasteiger partial charge on any atom is 0.0578 e. The van der Waals surface area contributed by atoms with Crippen LogP contribution < -0.4 is 5.32 Å². The molecule has 0 spiro atoms. The zero-order valence-electron chi connectivity index (χ0n) is 8.52. The Kier molecular flexibility index (Phi) is 4.72. The number of aryl methyl sites for hydroxylation is 1. The number of nitrogens with one attached hydrogen (secondary N) is 1. The van der Waals surface area contributed by atoms with Crippen molar-refractivity contribution in [3.05, 3.63) is 33.8 Å². The SMILES string of the molecule is CC#CCNCc1ccc(C)c(Br)c1. The van der Waals surface area contributed by atoms with Crippen molar-refractivity contribution in [3.63, 3.8) is 0 Å². The Bertz CT molecular complexity index is 360. The Hall–Kier alpha value is -0.780. The van der Waals surface area contributed by atoms with E-state index in [1.165, 1.54) is 15.6 Å². The number of hydrogen-bond donors (Lipinski definition) is 1. The van der Waals surface area contributed by atoms with Crippen LogP contribution in [-0.2, 0) is 6.54 Å². The molecule has 14 heavy (non-hydrogen) atoms. The Labute approximate surface area is 94.0 Å². The number of benzene rings is 1. The second-order valence-corrected chi connectivity index (χ2v) is 3.97. The van der Waals surface area contributed by atoms with Gasteiger partial charge in [-0.05, 0) is 31.0 Å². The van der Waals surface area contributed by atoms with Gasteiger partial charge in [-0.2, -0.15) is 0 Å². The van der Waals surface area contributed by atoms with Crippen molar-refractivity contribution in [2.75, 3.05) is 6.54 Å². The molecule has 0 saturated heterocycles. The van der Waals surface area contributed by atoms with Crippen molar-refractivity contribution < 1.29 is 0 Å². The van der Waals surface area contributed by atoms with Crippen LogP contribution in [0.15, 0.2) is 22.7 Å². The molecule has 74 valence electrons. The van der Waals surface area contributed by atoms with Crippen LogP contribution >= 0.6 is 15.9 Å². The van der Waals surface area contributed by atoms with Crippen molar-refractivity contribution >= 4 is 15.9 Å². The van der Waals surface area contributed by atoms with E-state index in [9.17, 15) is 0 Å². The smallest absolute Gasteiger partial charge is 0.0578 e. The molecular formula is C12H14BrN. The van der Waals surface area contributed by atoms with Crippen LogP contribution in [-0.4, -0.2) is 6.54 Å². The zero-order chi connectivity index (χ0) is 10.4. The molecule has 0 amide bonds. The molecule has 0 aliphatic carbocycles. The summed E-state index contributed by atoms with van der Waals surface area (Å²) in [6.45, 7) is 5.56. The fraction of sp³-hybridized carbons (Fsp3) is 0.333. The quantitative estimate of drug-likeness (QED) is 0.644. The molecule has 0 heterocycles. The average Bonchev–Trinajstić information content (AvgIpc) is 2.18. The molecular weight excluding hydrogens is 238 g/mol. The van der Waals surface area contributed by atoms with Crippen LogP contribution in [0.2, 0.25) is 0 Å². The molecule has 1 aromatic rings. The lowest BCUT2D eigenvalue weighted by atomic mass is 10.1. The monoisotopic (exact) mass is 251 g/mol. The highest BCUT2D eigenvalue weighted by molar-refractivity contribution is 9.10. The van der Waals surface area contributed by atoms with E-state index in [0.29, 0.717) is 0 Å². The topological polar surface area (TPSA) is 12.0 Å². The lowest BCUT2D eigenvalue weighted by Gasteiger charge is -2.03. The highest BCUT2D eigenvalue weighted by Gasteiger charge is 1.96. The summed E-state index contributed by atoms with van der Waals surface area (Å²) in [4.78, 5) is 0. The van der Waals surface area contributed by atoms with Gasteiger partial charge in [-0.25, -0.2) is 0 Å². The van der Waals surface area contributed by atoms with Gasteiger partial charge in [0.15, 0.2) is 0 Å². The van der Waals surface area contributed by atoms with Crippen molar-refractivity contribution in [3.8, 4) is 11.8 Å². The van der Waals surface area contributed by atoms with E-state index in [4.69, 9.17) is 0 Å². The molecule has 0 saturated carbocycles. The molecule has 1 nitrogen and oxygen atoms in total. The summed E-state index contributed by atoms with van der Waals surface area (Å²) in [5.74, 6) is 5.82. The maximum absolute atomic E-state index is 3.51. The third-order valence-electron chi connectivity index (χ3n) is 1.96. The Morgan fingerprint density at radius 1 is 1.43 bits per heavy atom. The third-order valence-corrected chi connectivity index (χ3v) is 2.81. The molecule has 0 radical (unpaired) electrons. The average molecular weight is 252 g/mol. The predicted octanol–water partition coefficient (Wildman–Crippen LogP) is 2.87. The van der Waals surface area contributed by atoms with E-state index in [-0.39, 0.29) is 0 Å². The van der Waals surface area contributed by atoms with E-state index in [1.807, 2.05) is 6.92 Å². The van der Waals surface area contributed by atoms with Crippen molar-refractivity contribution in [2.24, 2.45) is 0 Å². The summed E-state index contributed by atoms with van der Waals surface area (Å²) in [7, 11) is 0. The standard InChI is InChI=1S/C12H14BrN/c1-3-4-7-14-9-11-6-5-10(2)12(13)8-11/h5-6,8,14H,7,9H2,1-2H3. The maximum atomic E-state index is 3.51. The van der Waals surface area contributed by atoms with Gasteiger partial charge in [-0.15, -0.1) is 5.92 Å². The fourth-order valence-corrected chi connectivity index (χ4v) is 1.53. The molecule has 0 aliphatic heterocycles. The van der Waals surface area contributed by atoms with Crippen LogP contribution in [0.5, 0.6) is 0 Å². The van der Waals surface area contributed by atoms with E-state index in [2.05, 4.69) is 58.2 Å². The van der Waals surface area contributed by atoms with Gasteiger partial charge in [0.05, 0.1) is 6.54 Å². The second-order valence-electron chi connectivity index (χ2n) is 3.11. The lowest BCUT2D eigenvalue weighted by molar-refractivity contribution is 0.769. The first kappa shape index (κ1) is 11.3. The van der Waals surface area contributed by atoms with E-state index < -0.39 is 0 Å². The predicted molar refractivity (Wildman–Crippen MR) is 64.0 cm³/mol. The number of rotatable bonds is 3. The molecule has 1 rings (SSSR count). The van der Waals surface area contributed by atoms with Gasteiger partial charge < -0.3 is 5.32 Å². The van der Waals surface area contributed by atoms with Gasteiger partial charge in [-0.3, -0.25) is 0 Å². The summed E-state index contributed by atoms with van der Waals surface area (Å²) in [6.07, 6.45) is 0. The molecule has 0 aliphatic rings. The van der Waals surface area contributed by atoms with Crippen molar-refractivity contribution in [2.45, 2.75) is 20.4 Å². The van der Waals surface area contributed by atoms with Gasteiger partial charge >= 0.3 is 0 Å². The Morgan fingerprint density at radius 2 is 2.21 bits per heavy atom. The van der Waals surface area contributed by atoms with E-state index in [0.717, 1.165) is 13.1 Å². The van der Waals surface area contributed by atoms with Crippen LogP contribution in [0, 0.1) is 18.8 Å². The zero-order valence-corrected chi connectivity index (χ0v) is 10.1. The highest BCUT2D eigenvalue weighted by Crippen LogP contribution is 2.17. The lowest BCUT2D eigenvalue weighted by Crippen LogP contribution is -2.13.